The largest absolute Gasteiger partial charge is 0.294 e. The van der Waals surface area contributed by atoms with Gasteiger partial charge in [-0.1, -0.05) is 28.1 Å². The van der Waals surface area contributed by atoms with E-state index in [1.807, 2.05) is 0 Å². The van der Waals surface area contributed by atoms with Crippen LogP contribution < -0.4 is 0 Å². The Hall–Kier alpha value is -1.55. The highest BCUT2D eigenvalue weighted by Crippen LogP contribution is 2.17. The molecule has 4 heteroatoms. The summed E-state index contributed by atoms with van der Waals surface area (Å²) >= 11 is 3.16. The number of ketones is 1. The van der Waals surface area contributed by atoms with E-state index < -0.39 is 11.6 Å². The highest BCUT2D eigenvalue weighted by Gasteiger charge is 2.09. The topological polar surface area (TPSA) is 17.1 Å². The van der Waals surface area contributed by atoms with Crippen LogP contribution in [0.15, 0.2) is 46.9 Å². The summed E-state index contributed by atoms with van der Waals surface area (Å²) in [4.78, 5) is 11.9. The average molecular weight is 311 g/mol. The molecule has 0 heterocycles. The van der Waals surface area contributed by atoms with Crippen molar-refractivity contribution in [2.45, 2.75) is 6.42 Å². The fourth-order valence-corrected chi connectivity index (χ4v) is 2.18. The minimum absolute atomic E-state index is 0.0415. The second-order valence-electron chi connectivity index (χ2n) is 3.89. The number of carbonyl (C=O) groups is 1. The minimum atomic E-state index is -0.457. The Morgan fingerprint density at radius 1 is 1.06 bits per heavy atom. The molecule has 0 aromatic heterocycles. The maximum Gasteiger partial charge on any atom is 0.167 e. The molecule has 92 valence electrons. The van der Waals surface area contributed by atoms with Crippen LogP contribution in [0, 0.1) is 11.6 Å². The van der Waals surface area contributed by atoms with E-state index in [1.54, 1.807) is 12.1 Å². The molecule has 0 fully saturated rings. The number of hydrogen-bond donors (Lipinski definition) is 0. The average Bonchev–Trinajstić information content (AvgIpc) is 2.27. The zero-order chi connectivity index (χ0) is 13.1. The van der Waals surface area contributed by atoms with E-state index in [0.29, 0.717) is 10.0 Å². The first-order valence-electron chi connectivity index (χ1n) is 5.28. The molecule has 1 nitrogen and oxygen atoms in total. The van der Waals surface area contributed by atoms with Gasteiger partial charge in [-0.15, -0.1) is 0 Å². The summed E-state index contributed by atoms with van der Waals surface area (Å²) in [5.74, 6) is -1.11. The molecule has 0 aliphatic heterocycles. The summed E-state index contributed by atoms with van der Waals surface area (Å²) in [6, 6.07) is 9.74. The lowest BCUT2D eigenvalue weighted by Crippen LogP contribution is -2.04. The Morgan fingerprint density at radius 2 is 1.83 bits per heavy atom. The molecule has 0 atom stereocenters. The molecule has 0 amide bonds. The molecule has 0 saturated heterocycles. The lowest BCUT2D eigenvalue weighted by molar-refractivity contribution is 0.0992. The molecule has 2 aromatic rings. The fraction of sp³-hybridized carbons (Fsp3) is 0.0714. The number of benzene rings is 2. The number of carbonyl (C=O) groups excluding carboxylic acids is 1. The normalized spacial score (nSPS) is 10.4. The summed E-state index contributed by atoms with van der Waals surface area (Å²) in [7, 11) is 0. The van der Waals surface area contributed by atoms with E-state index in [2.05, 4.69) is 15.9 Å². The summed E-state index contributed by atoms with van der Waals surface area (Å²) in [5, 5.41) is 0. The summed E-state index contributed by atoms with van der Waals surface area (Å²) in [5.41, 5.74) is 0.839. The number of hydrogen-bond acceptors (Lipinski definition) is 1. The second-order valence-corrected chi connectivity index (χ2v) is 4.80. The van der Waals surface area contributed by atoms with Crippen LogP contribution in [0.3, 0.4) is 0 Å². The Balaban J connectivity index is 2.21. The van der Waals surface area contributed by atoms with Crippen molar-refractivity contribution in [2.24, 2.45) is 0 Å². The van der Waals surface area contributed by atoms with Gasteiger partial charge in [0.2, 0.25) is 0 Å². The highest BCUT2D eigenvalue weighted by atomic mass is 79.9. The first-order valence-corrected chi connectivity index (χ1v) is 6.07. The molecule has 0 saturated carbocycles. The predicted molar refractivity (Wildman–Crippen MR) is 68.5 cm³/mol. The molecule has 0 bridgehead atoms. The van der Waals surface area contributed by atoms with Crippen LogP contribution in [-0.2, 0) is 6.42 Å². The van der Waals surface area contributed by atoms with E-state index in [0.717, 1.165) is 0 Å². The van der Waals surface area contributed by atoms with E-state index >= 15 is 0 Å². The third kappa shape index (κ3) is 3.23. The Morgan fingerprint density at radius 3 is 2.50 bits per heavy atom. The van der Waals surface area contributed by atoms with Crippen LogP contribution in [0.5, 0.6) is 0 Å². The Bertz CT molecular complexity index is 576. The van der Waals surface area contributed by atoms with Crippen LogP contribution in [0.25, 0.3) is 0 Å². The molecular weight excluding hydrogens is 302 g/mol. The van der Waals surface area contributed by atoms with E-state index in [9.17, 15) is 13.6 Å². The molecule has 0 aliphatic rings. The van der Waals surface area contributed by atoms with Crippen LogP contribution >= 0.6 is 15.9 Å². The van der Waals surface area contributed by atoms with Crippen LogP contribution in [-0.4, -0.2) is 5.78 Å². The smallest absolute Gasteiger partial charge is 0.167 e. The standard InChI is InChI=1S/C14H9BrF2O/c15-11-4-9(5-13(17)8-11)6-14(18)10-2-1-3-12(16)7-10/h1-5,7-8H,6H2. The molecule has 2 aromatic carbocycles. The van der Waals surface area contributed by atoms with Crippen LogP contribution in [0.4, 0.5) is 8.78 Å². The summed E-state index contributed by atoms with van der Waals surface area (Å²) in [6.07, 6.45) is 0.0415. The number of rotatable bonds is 3. The van der Waals surface area contributed by atoms with Gasteiger partial charge in [0.05, 0.1) is 0 Å². The van der Waals surface area contributed by atoms with Crippen molar-refractivity contribution < 1.29 is 13.6 Å². The molecule has 0 aliphatic carbocycles. The maximum atomic E-state index is 13.1. The van der Waals surface area contributed by atoms with Crippen molar-refractivity contribution in [1.29, 1.82) is 0 Å². The maximum absolute atomic E-state index is 13.1. The van der Waals surface area contributed by atoms with Gasteiger partial charge in [-0.3, -0.25) is 4.79 Å². The monoisotopic (exact) mass is 310 g/mol. The molecule has 0 N–H and O–H groups in total. The van der Waals surface area contributed by atoms with E-state index in [4.69, 9.17) is 0 Å². The summed E-state index contributed by atoms with van der Waals surface area (Å²) in [6.45, 7) is 0. The van der Waals surface area contributed by atoms with Crippen LogP contribution in [0.2, 0.25) is 0 Å². The van der Waals surface area contributed by atoms with Gasteiger partial charge in [-0.25, -0.2) is 8.78 Å². The van der Waals surface area contributed by atoms with Crippen molar-refractivity contribution in [3.63, 3.8) is 0 Å². The van der Waals surface area contributed by atoms with E-state index in [1.165, 1.54) is 30.3 Å². The fourth-order valence-electron chi connectivity index (χ4n) is 1.66. The molecular formula is C14H9BrF2O. The summed E-state index contributed by atoms with van der Waals surface area (Å²) < 4.78 is 26.7. The zero-order valence-corrected chi connectivity index (χ0v) is 10.9. The quantitative estimate of drug-likeness (QED) is 0.778. The first kappa shape index (κ1) is 12.9. The van der Waals surface area contributed by atoms with Gasteiger partial charge in [0, 0.05) is 16.5 Å². The van der Waals surface area contributed by atoms with Gasteiger partial charge in [0.1, 0.15) is 11.6 Å². The van der Waals surface area contributed by atoms with Crippen molar-refractivity contribution >= 4 is 21.7 Å². The SMILES string of the molecule is O=C(Cc1cc(F)cc(Br)c1)c1cccc(F)c1. The first-order chi connectivity index (χ1) is 8.54. The van der Waals surface area contributed by atoms with Crippen molar-refractivity contribution in [1.82, 2.24) is 0 Å². The molecule has 2 rings (SSSR count). The molecule has 0 spiro atoms. The van der Waals surface area contributed by atoms with Crippen LogP contribution in [0.1, 0.15) is 15.9 Å². The second kappa shape index (κ2) is 5.40. The lowest BCUT2D eigenvalue weighted by atomic mass is 10.0. The Kier molecular flexibility index (Phi) is 3.87. The van der Waals surface area contributed by atoms with Gasteiger partial charge in [0.15, 0.2) is 5.78 Å². The zero-order valence-electron chi connectivity index (χ0n) is 9.29. The highest BCUT2D eigenvalue weighted by molar-refractivity contribution is 9.10. The Labute approximate surface area is 112 Å². The molecule has 0 radical (unpaired) electrons. The third-order valence-corrected chi connectivity index (χ3v) is 2.89. The van der Waals surface area contributed by atoms with Gasteiger partial charge in [-0.2, -0.15) is 0 Å². The lowest BCUT2D eigenvalue weighted by Gasteiger charge is -2.03. The van der Waals surface area contributed by atoms with Crippen molar-refractivity contribution in [3.8, 4) is 0 Å². The van der Waals surface area contributed by atoms with Gasteiger partial charge < -0.3 is 0 Å². The molecule has 0 unspecified atom stereocenters. The number of Topliss-reactive ketones (excluding diaryl/α,β-unsaturated/α-hetero) is 1. The minimum Gasteiger partial charge on any atom is -0.294 e. The molecule has 18 heavy (non-hydrogen) atoms. The van der Waals surface area contributed by atoms with Gasteiger partial charge >= 0.3 is 0 Å². The van der Waals surface area contributed by atoms with Crippen molar-refractivity contribution in [2.75, 3.05) is 0 Å². The van der Waals surface area contributed by atoms with Gasteiger partial charge in [0.25, 0.3) is 0 Å². The third-order valence-electron chi connectivity index (χ3n) is 2.43. The number of halogens is 3. The van der Waals surface area contributed by atoms with Crippen molar-refractivity contribution in [3.05, 3.63) is 69.7 Å². The van der Waals surface area contributed by atoms with Gasteiger partial charge in [-0.05, 0) is 35.9 Å². The van der Waals surface area contributed by atoms with E-state index in [-0.39, 0.29) is 17.8 Å². The predicted octanol–water partition coefficient (Wildman–Crippen LogP) is 4.15.